The number of nitrogens with two attached hydrogens (primary N) is 1. The molecule has 0 atom stereocenters. The lowest BCUT2D eigenvalue weighted by Crippen LogP contribution is -1.90. The number of aromatic amines is 1. The molecule has 0 amide bonds. The number of halogens is 4. The van der Waals surface area contributed by atoms with Crippen LogP contribution in [0, 0.1) is 0 Å². The first kappa shape index (κ1) is 13.8. The van der Waals surface area contributed by atoms with Gasteiger partial charge in [0.2, 0.25) is 0 Å². The number of nitrogen functional groups attached to an aromatic ring is 1. The lowest BCUT2D eigenvalue weighted by molar-refractivity contribution is 1.34. The number of rotatable bonds is 1. The van der Waals surface area contributed by atoms with Gasteiger partial charge in [-0.1, -0.05) is 46.4 Å². The van der Waals surface area contributed by atoms with Gasteiger partial charge in [-0.2, -0.15) is 0 Å². The van der Waals surface area contributed by atoms with Gasteiger partial charge in [-0.3, -0.25) is 0 Å². The highest BCUT2D eigenvalue weighted by atomic mass is 35.5. The third kappa shape index (κ3) is 2.21. The summed E-state index contributed by atoms with van der Waals surface area (Å²) in [5.41, 5.74) is 8.09. The van der Waals surface area contributed by atoms with Gasteiger partial charge in [0.1, 0.15) is 11.3 Å². The summed E-state index contributed by atoms with van der Waals surface area (Å²) >= 11 is 24.3. The van der Waals surface area contributed by atoms with E-state index in [0.29, 0.717) is 48.2 Å². The Morgan fingerprint density at radius 2 is 1.60 bits per heavy atom. The van der Waals surface area contributed by atoms with Gasteiger partial charge in [0.05, 0.1) is 31.3 Å². The van der Waals surface area contributed by atoms with Gasteiger partial charge in [-0.15, -0.1) is 0 Å². The van der Waals surface area contributed by atoms with E-state index >= 15 is 0 Å². The molecule has 3 aromatic rings. The topological polar surface area (TPSA) is 54.7 Å². The Hall–Kier alpha value is -1.13. The van der Waals surface area contributed by atoms with Crippen molar-refractivity contribution in [1.82, 2.24) is 9.97 Å². The second-order valence-corrected chi connectivity index (χ2v) is 5.82. The van der Waals surface area contributed by atoms with Crippen LogP contribution in [0.25, 0.3) is 22.4 Å². The molecule has 0 saturated heterocycles. The molecule has 1 heterocycles. The number of nitrogens with zero attached hydrogens (tertiary/aromatic N) is 1. The van der Waals surface area contributed by atoms with Crippen molar-refractivity contribution >= 4 is 63.1 Å². The van der Waals surface area contributed by atoms with E-state index in [2.05, 4.69) is 9.97 Å². The molecule has 0 radical (unpaired) electrons. The molecule has 7 heteroatoms. The molecule has 2 aromatic carbocycles. The SMILES string of the molecule is Nc1cc(-c2nc3c(Cl)ccc(Cl)c3[nH]2)c(Cl)cc1Cl. The van der Waals surface area contributed by atoms with Gasteiger partial charge in [0.15, 0.2) is 0 Å². The van der Waals surface area contributed by atoms with E-state index < -0.39 is 0 Å². The molecule has 0 aliphatic carbocycles. The average Bonchev–Trinajstić information content (AvgIpc) is 2.84. The Labute approximate surface area is 134 Å². The fourth-order valence-corrected chi connectivity index (χ4v) is 2.77. The number of anilines is 1. The average molecular weight is 347 g/mol. The smallest absolute Gasteiger partial charge is 0.140 e. The molecule has 0 saturated carbocycles. The van der Waals surface area contributed by atoms with Crippen molar-refractivity contribution in [2.45, 2.75) is 0 Å². The number of imidazole rings is 1. The van der Waals surface area contributed by atoms with Gasteiger partial charge in [-0.05, 0) is 24.3 Å². The van der Waals surface area contributed by atoms with Crippen LogP contribution in [-0.4, -0.2) is 9.97 Å². The molecule has 0 aliphatic heterocycles. The number of benzene rings is 2. The Balaban J connectivity index is 2.28. The standard InChI is InChI=1S/C13H7Cl4N3/c14-6-1-2-7(15)12-11(6)19-13(20-12)5-3-10(18)9(17)4-8(5)16/h1-4H,18H2,(H,19,20). The molecule has 3 N–H and O–H groups in total. The van der Waals surface area contributed by atoms with Crippen molar-refractivity contribution < 1.29 is 0 Å². The monoisotopic (exact) mass is 345 g/mol. The summed E-state index contributed by atoms with van der Waals surface area (Å²) in [5.74, 6) is 0.531. The first-order valence-electron chi connectivity index (χ1n) is 5.56. The second-order valence-electron chi connectivity index (χ2n) is 4.19. The van der Waals surface area contributed by atoms with E-state index in [1.54, 1.807) is 24.3 Å². The zero-order valence-electron chi connectivity index (χ0n) is 9.85. The number of H-pyrrole nitrogens is 1. The van der Waals surface area contributed by atoms with E-state index in [4.69, 9.17) is 52.1 Å². The van der Waals surface area contributed by atoms with Crippen molar-refractivity contribution in [1.29, 1.82) is 0 Å². The summed E-state index contributed by atoms with van der Waals surface area (Å²) in [6.45, 7) is 0. The lowest BCUT2D eigenvalue weighted by Gasteiger charge is -2.04. The fraction of sp³-hybridized carbons (Fsp3) is 0. The first-order chi connectivity index (χ1) is 9.47. The Kier molecular flexibility index (Phi) is 3.46. The van der Waals surface area contributed by atoms with Gasteiger partial charge in [-0.25, -0.2) is 4.98 Å². The van der Waals surface area contributed by atoms with Crippen LogP contribution in [0.4, 0.5) is 5.69 Å². The van der Waals surface area contributed by atoms with Gasteiger partial charge in [0.25, 0.3) is 0 Å². The Morgan fingerprint density at radius 3 is 2.30 bits per heavy atom. The summed E-state index contributed by atoms with van der Waals surface area (Å²) in [6.07, 6.45) is 0. The molecule has 0 aliphatic rings. The maximum absolute atomic E-state index is 6.18. The van der Waals surface area contributed by atoms with Crippen LogP contribution in [0.3, 0.4) is 0 Å². The van der Waals surface area contributed by atoms with E-state index in [9.17, 15) is 0 Å². The van der Waals surface area contributed by atoms with E-state index in [-0.39, 0.29) is 0 Å². The molecular weight excluding hydrogens is 340 g/mol. The third-order valence-corrected chi connectivity index (χ3v) is 4.15. The molecule has 0 fully saturated rings. The molecule has 0 spiro atoms. The molecular formula is C13H7Cl4N3. The number of hydrogen-bond donors (Lipinski definition) is 2. The molecule has 1 aromatic heterocycles. The van der Waals surface area contributed by atoms with Crippen molar-refractivity contribution in [3.05, 3.63) is 44.4 Å². The Morgan fingerprint density at radius 1 is 0.900 bits per heavy atom. The summed E-state index contributed by atoms with van der Waals surface area (Å²) in [7, 11) is 0. The normalized spacial score (nSPS) is 11.2. The summed E-state index contributed by atoms with van der Waals surface area (Å²) in [6, 6.07) is 6.62. The minimum atomic E-state index is 0.394. The van der Waals surface area contributed by atoms with Crippen LogP contribution < -0.4 is 5.73 Å². The van der Waals surface area contributed by atoms with Crippen LogP contribution in [0.2, 0.25) is 20.1 Å². The first-order valence-corrected chi connectivity index (χ1v) is 7.07. The predicted molar refractivity (Wildman–Crippen MR) is 86.0 cm³/mol. The van der Waals surface area contributed by atoms with E-state index in [1.165, 1.54) is 0 Å². The van der Waals surface area contributed by atoms with E-state index in [1.807, 2.05) is 0 Å². The van der Waals surface area contributed by atoms with Crippen LogP contribution in [0.5, 0.6) is 0 Å². The largest absolute Gasteiger partial charge is 0.398 e. The van der Waals surface area contributed by atoms with E-state index in [0.717, 1.165) is 0 Å². The van der Waals surface area contributed by atoms with Crippen LogP contribution in [0.1, 0.15) is 0 Å². The lowest BCUT2D eigenvalue weighted by atomic mass is 10.2. The summed E-state index contributed by atoms with van der Waals surface area (Å²) in [4.78, 5) is 7.52. The molecule has 0 unspecified atom stereocenters. The molecule has 3 nitrogen and oxygen atoms in total. The molecule has 20 heavy (non-hydrogen) atoms. The maximum Gasteiger partial charge on any atom is 0.140 e. The van der Waals surface area contributed by atoms with Gasteiger partial charge in [0, 0.05) is 5.56 Å². The van der Waals surface area contributed by atoms with Crippen LogP contribution in [-0.2, 0) is 0 Å². The van der Waals surface area contributed by atoms with Gasteiger partial charge >= 0.3 is 0 Å². The number of hydrogen-bond acceptors (Lipinski definition) is 2. The van der Waals surface area contributed by atoms with Crippen molar-refractivity contribution in [3.63, 3.8) is 0 Å². The maximum atomic E-state index is 6.18. The zero-order chi connectivity index (χ0) is 14.4. The highest BCUT2D eigenvalue weighted by Crippen LogP contribution is 2.36. The minimum Gasteiger partial charge on any atom is -0.398 e. The predicted octanol–water partition coefficient (Wildman–Crippen LogP) is 5.43. The zero-order valence-corrected chi connectivity index (χ0v) is 12.9. The van der Waals surface area contributed by atoms with Crippen molar-refractivity contribution in [3.8, 4) is 11.4 Å². The third-order valence-electron chi connectivity index (χ3n) is 2.89. The van der Waals surface area contributed by atoms with Crippen molar-refractivity contribution in [2.24, 2.45) is 0 Å². The highest BCUT2D eigenvalue weighted by molar-refractivity contribution is 6.40. The van der Waals surface area contributed by atoms with Crippen LogP contribution >= 0.6 is 46.4 Å². The quantitative estimate of drug-likeness (QED) is 0.577. The van der Waals surface area contributed by atoms with Crippen LogP contribution in [0.15, 0.2) is 24.3 Å². The molecule has 3 rings (SSSR count). The number of aromatic nitrogens is 2. The highest BCUT2D eigenvalue weighted by Gasteiger charge is 2.14. The van der Waals surface area contributed by atoms with Crippen molar-refractivity contribution in [2.75, 3.05) is 5.73 Å². The Bertz CT molecular complexity index is 787. The summed E-state index contributed by atoms with van der Waals surface area (Å²) < 4.78 is 0. The second kappa shape index (κ2) is 5.01. The molecule has 0 bridgehead atoms. The molecule has 102 valence electrons. The number of fused-ring (bicyclic) bond motifs is 1. The number of nitrogens with one attached hydrogen (secondary N) is 1. The minimum absolute atomic E-state index is 0.394. The summed E-state index contributed by atoms with van der Waals surface area (Å²) in [5, 5.41) is 1.87. The fourth-order valence-electron chi connectivity index (χ4n) is 1.90. The van der Waals surface area contributed by atoms with Gasteiger partial charge < -0.3 is 10.7 Å².